The fourth-order valence-electron chi connectivity index (χ4n) is 9.30. The predicted molar refractivity (Wildman–Crippen MR) is 224 cm³/mol. The van der Waals surface area contributed by atoms with Crippen LogP contribution in [0.1, 0.15) is 46.2 Å². The second-order valence-electron chi connectivity index (χ2n) is 14.4. The molecule has 1 N–H and O–H groups in total. The molecule has 10 rings (SSSR count). The Kier molecular flexibility index (Phi) is 7.68. The molecule has 2 nitrogen and oxygen atoms in total. The zero-order valence-electron chi connectivity index (χ0n) is 29.9. The van der Waals surface area contributed by atoms with Gasteiger partial charge < -0.3 is 9.67 Å². The van der Waals surface area contributed by atoms with Crippen molar-refractivity contribution in [3.8, 4) is 5.69 Å². The van der Waals surface area contributed by atoms with Crippen LogP contribution in [0, 0.1) is 0 Å². The maximum Gasteiger partial charge on any atom is 0.137 e. The molecule has 2 unspecified atom stereocenters. The molecular formula is C52H39NO. The van der Waals surface area contributed by atoms with Crippen molar-refractivity contribution in [3.63, 3.8) is 0 Å². The number of para-hydroxylation sites is 3. The van der Waals surface area contributed by atoms with Gasteiger partial charge in [0.05, 0.1) is 22.1 Å². The highest BCUT2D eigenvalue weighted by molar-refractivity contribution is 6.12. The summed E-state index contributed by atoms with van der Waals surface area (Å²) in [6, 6.07) is 58.9. The fraction of sp³-hybridized carbons (Fsp3) is 0.0769. The van der Waals surface area contributed by atoms with Crippen LogP contribution in [0.3, 0.4) is 0 Å². The molecule has 8 aromatic rings. The first kappa shape index (κ1) is 32.2. The molecule has 2 heterocycles. The first-order valence-electron chi connectivity index (χ1n) is 18.9. The van der Waals surface area contributed by atoms with E-state index >= 15 is 0 Å². The van der Waals surface area contributed by atoms with Gasteiger partial charge in [0.15, 0.2) is 0 Å². The van der Waals surface area contributed by atoms with Gasteiger partial charge >= 0.3 is 0 Å². The summed E-state index contributed by atoms with van der Waals surface area (Å²) in [5.74, 6) is 0. The second kappa shape index (κ2) is 12.9. The van der Waals surface area contributed by atoms with Gasteiger partial charge in [-0.3, -0.25) is 0 Å². The third-order valence-corrected chi connectivity index (χ3v) is 11.7. The van der Waals surface area contributed by atoms with E-state index in [-0.39, 0.29) is 0 Å². The van der Waals surface area contributed by atoms with E-state index in [4.69, 9.17) is 0 Å². The number of hydrogen-bond acceptors (Lipinski definition) is 1. The summed E-state index contributed by atoms with van der Waals surface area (Å²) < 4.78 is 2.46. The molecule has 1 aromatic heterocycles. The third-order valence-electron chi connectivity index (χ3n) is 11.7. The molecule has 0 saturated heterocycles. The van der Waals surface area contributed by atoms with Gasteiger partial charge in [-0.05, 0) is 69.1 Å². The lowest BCUT2D eigenvalue weighted by molar-refractivity contribution is 0.120. The van der Waals surface area contributed by atoms with Crippen molar-refractivity contribution in [3.05, 3.63) is 245 Å². The number of aliphatic hydroxyl groups is 1. The standard InChI is InChI=1S/C52H39NO/c54-52(40-23-7-4-2-1-3-5-8-24-40,45-29-17-20-37-19-11-12-25-42(37)45)41-35-33-39(34-36-41)51(38-21-9-6-10-22-38)46-28-14-16-32-49(46)53-48-31-15-13-26-43(48)44-27-18-30-47(51)50(44)53/h1-2,4-22,24-36,54H,3,23H2/b2-1-,7-4-,8-5-,40-24+. The van der Waals surface area contributed by atoms with Crippen molar-refractivity contribution in [2.45, 2.75) is 23.9 Å². The van der Waals surface area contributed by atoms with Gasteiger partial charge in [-0.15, -0.1) is 0 Å². The Morgan fingerprint density at radius 2 is 1.17 bits per heavy atom. The molecule has 2 aliphatic rings. The number of benzene rings is 7. The van der Waals surface area contributed by atoms with E-state index in [1.807, 2.05) is 0 Å². The number of aromatic nitrogens is 1. The molecule has 258 valence electrons. The van der Waals surface area contributed by atoms with E-state index in [2.05, 4.69) is 211 Å². The maximum atomic E-state index is 13.5. The molecule has 1 aliphatic heterocycles. The van der Waals surface area contributed by atoms with Crippen LogP contribution in [-0.4, -0.2) is 9.67 Å². The molecule has 0 fully saturated rings. The molecule has 54 heavy (non-hydrogen) atoms. The molecule has 0 spiro atoms. The van der Waals surface area contributed by atoms with Crippen molar-refractivity contribution in [1.82, 2.24) is 4.57 Å². The average Bonchev–Trinajstić information content (AvgIpc) is 3.58. The number of hydrogen-bond donors (Lipinski definition) is 1. The molecule has 0 bridgehead atoms. The Hall–Kier alpha value is -6.48. The van der Waals surface area contributed by atoms with Gasteiger partial charge in [0.1, 0.15) is 5.60 Å². The second-order valence-corrected chi connectivity index (χ2v) is 14.4. The lowest BCUT2D eigenvalue weighted by Gasteiger charge is -2.42. The normalized spacial score (nSPS) is 20.4. The van der Waals surface area contributed by atoms with Crippen molar-refractivity contribution < 1.29 is 5.11 Å². The summed E-state index contributed by atoms with van der Waals surface area (Å²) in [5, 5.41) is 18.1. The van der Waals surface area contributed by atoms with Crippen LogP contribution in [0.15, 0.2) is 212 Å². The quantitative estimate of drug-likeness (QED) is 0.191. The fourth-order valence-corrected chi connectivity index (χ4v) is 9.30. The monoisotopic (exact) mass is 693 g/mol. The number of rotatable bonds is 5. The van der Waals surface area contributed by atoms with Gasteiger partial charge in [-0.25, -0.2) is 0 Å². The molecule has 2 atom stereocenters. The minimum absolute atomic E-state index is 0.601. The smallest absolute Gasteiger partial charge is 0.137 e. The SMILES string of the molecule is OC(/C1=C/C=C\C/C=C\C=C/C1)(c1ccc(C2(c3ccccc3)c3ccccc3-n3c4ccccc4c4cccc2c43)cc1)c1cccc2ccccc12. The Balaban J connectivity index is 1.25. The highest BCUT2D eigenvalue weighted by atomic mass is 16.3. The predicted octanol–water partition coefficient (Wildman–Crippen LogP) is 12.3. The van der Waals surface area contributed by atoms with Crippen molar-refractivity contribution >= 4 is 32.6 Å². The van der Waals surface area contributed by atoms with Crippen LogP contribution in [0.2, 0.25) is 0 Å². The molecule has 7 aromatic carbocycles. The summed E-state index contributed by atoms with van der Waals surface area (Å²) in [6.07, 6.45) is 16.3. The number of nitrogens with zero attached hydrogens (tertiary/aromatic N) is 1. The van der Waals surface area contributed by atoms with Crippen LogP contribution < -0.4 is 0 Å². The Morgan fingerprint density at radius 1 is 0.519 bits per heavy atom. The van der Waals surface area contributed by atoms with Crippen LogP contribution in [0.4, 0.5) is 0 Å². The van der Waals surface area contributed by atoms with Crippen LogP contribution in [0.5, 0.6) is 0 Å². The van der Waals surface area contributed by atoms with E-state index in [9.17, 15) is 5.11 Å². The summed E-state index contributed by atoms with van der Waals surface area (Å²) in [4.78, 5) is 0. The zero-order valence-corrected chi connectivity index (χ0v) is 29.9. The van der Waals surface area contributed by atoms with Crippen molar-refractivity contribution in [2.24, 2.45) is 0 Å². The largest absolute Gasteiger partial charge is 0.376 e. The van der Waals surface area contributed by atoms with E-state index in [0.29, 0.717) is 6.42 Å². The van der Waals surface area contributed by atoms with E-state index < -0.39 is 11.0 Å². The topological polar surface area (TPSA) is 25.2 Å². The van der Waals surface area contributed by atoms with E-state index in [0.717, 1.165) is 39.5 Å². The average molecular weight is 694 g/mol. The first-order chi connectivity index (χ1) is 26.7. The molecule has 0 saturated carbocycles. The number of fused-ring (bicyclic) bond motifs is 6. The maximum absolute atomic E-state index is 13.5. The van der Waals surface area contributed by atoms with Crippen LogP contribution >= 0.6 is 0 Å². The Labute approximate surface area is 316 Å². The molecule has 0 amide bonds. The van der Waals surface area contributed by atoms with Crippen molar-refractivity contribution in [1.29, 1.82) is 0 Å². The molecule has 1 aliphatic carbocycles. The molecule has 2 heteroatoms. The minimum Gasteiger partial charge on any atom is -0.376 e. The lowest BCUT2D eigenvalue weighted by Crippen LogP contribution is -2.36. The number of allylic oxidation sites excluding steroid dienone is 7. The zero-order chi connectivity index (χ0) is 36.1. The summed E-state index contributed by atoms with van der Waals surface area (Å²) in [7, 11) is 0. The summed E-state index contributed by atoms with van der Waals surface area (Å²) >= 11 is 0. The lowest BCUT2D eigenvalue weighted by atomic mass is 9.63. The highest BCUT2D eigenvalue weighted by Crippen LogP contribution is 2.54. The van der Waals surface area contributed by atoms with Gasteiger partial charge in [-0.2, -0.15) is 0 Å². The van der Waals surface area contributed by atoms with Gasteiger partial charge in [0, 0.05) is 16.3 Å². The van der Waals surface area contributed by atoms with Crippen LogP contribution in [-0.2, 0) is 11.0 Å². The first-order valence-corrected chi connectivity index (χ1v) is 18.9. The van der Waals surface area contributed by atoms with Crippen molar-refractivity contribution in [2.75, 3.05) is 0 Å². The van der Waals surface area contributed by atoms with E-state index in [1.165, 1.54) is 44.2 Å². The van der Waals surface area contributed by atoms with Gasteiger partial charge in [0.25, 0.3) is 0 Å². The molecule has 0 radical (unpaired) electrons. The highest BCUT2D eigenvalue weighted by Gasteiger charge is 2.45. The summed E-state index contributed by atoms with van der Waals surface area (Å²) in [5.41, 5.74) is 9.08. The summed E-state index contributed by atoms with van der Waals surface area (Å²) in [6.45, 7) is 0. The van der Waals surface area contributed by atoms with Gasteiger partial charge in [-0.1, -0.05) is 194 Å². The third kappa shape index (κ3) is 4.70. The van der Waals surface area contributed by atoms with Crippen LogP contribution in [0.25, 0.3) is 38.3 Å². The molecular weight excluding hydrogens is 655 g/mol. The minimum atomic E-state index is -1.40. The van der Waals surface area contributed by atoms with Gasteiger partial charge in [0.2, 0.25) is 0 Å². The van der Waals surface area contributed by atoms with E-state index in [1.54, 1.807) is 0 Å². The Bertz CT molecular complexity index is 2830. The Morgan fingerprint density at radius 3 is 2.06 bits per heavy atom.